The molecule has 33 heavy (non-hydrogen) atoms. The molecule has 1 aromatic carbocycles. The number of carbonyl (C=O) groups excluding carboxylic acids is 1. The Labute approximate surface area is 213 Å². The fourth-order valence-corrected chi connectivity index (χ4v) is 3.81. The van der Waals surface area contributed by atoms with Crippen LogP contribution >= 0.6 is 24.0 Å². The smallest absolute Gasteiger partial charge is 0.287 e. The predicted octanol–water partition coefficient (Wildman–Crippen LogP) is 3.56. The van der Waals surface area contributed by atoms with Crippen molar-refractivity contribution in [1.29, 1.82) is 0 Å². The van der Waals surface area contributed by atoms with Gasteiger partial charge in [-0.15, -0.1) is 24.0 Å². The number of methoxy groups -OCH3 is 1. The highest BCUT2D eigenvalue weighted by Gasteiger charge is 2.21. The van der Waals surface area contributed by atoms with Gasteiger partial charge >= 0.3 is 0 Å². The van der Waals surface area contributed by atoms with Gasteiger partial charge in [-0.2, -0.15) is 0 Å². The SMILES string of the molecule is CCNC(=NCCCNC(=O)c1occc1C)NC1CCCN(c2cccc(OC)c2)C1.I. The first-order valence-corrected chi connectivity index (χ1v) is 11.4. The largest absolute Gasteiger partial charge is 0.497 e. The Hall–Kier alpha value is -2.43. The van der Waals surface area contributed by atoms with Crippen molar-refractivity contribution in [2.75, 3.05) is 44.7 Å². The first-order valence-electron chi connectivity index (χ1n) is 11.4. The molecule has 1 aliphatic rings. The predicted molar refractivity (Wildman–Crippen MR) is 143 cm³/mol. The van der Waals surface area contributed by atoms with Gasteiger partial charge in [0.15, 0.2) is 11.7 Å². The van der Waals surface area contributed by atoms with Crippen molar-refractivity contribution in [3.8, 4) is 5.75 Å². The third-order valence-corrected chi connectivity index (χ3v) is 5.48. The minimum Gasteiger partial charge on any atom is -0.497 e. The molecule has 1 saturated heterocycles. The molecule has 3 N–H and O–H groups in total. The molecule has 0 spiro atoms. The Morgan fingerprint density at radius 3 is 2.88 bits per heavy atom. The lowest BCUT2D eigenvalue weighted by Gasteiger charge is -2.35. The van der Waals surface area contributed by atoms with Gasteiger partial charge in [-0.05, 0) is 51.3 Å². The number of aliphatic imine (C=N–C) groups is 1. The fourth-order valence-electron chi connectivity index (χ4n) is 3.81. The van der Waals surface area contributed by atoms with Crippen molar-refractivity contribution in [2.45, 2.75) is 39.2 Å². The van der Waals surface area contributed by atoms with E-state index in [2.05, 4.69) is 39.9 Å². The molecule has 1 unspecified atom stereocenters. The van der Waals surface area contributed by atoms with Crippen molar-refractivity contribution in [1.82, 2.24) is 16.0 Å². The van der Waals surface area contributed by atoms with Crippen LogP contribution in [0.25, 0.3) is 0 Å². The number of rotatable bonds is 9. The van der Waals surface area contributed by atoms with Gasteiger partial charge in [0, 0.05) is 56.1 Å². The van der Waals surface area contributed by atoms with E-state index in [1.807, 2.05) is 19.1 Å². The second-order valence-electron chi connectivity index (χ2n) is 7.93. The van der Waals surface area contributed by atoms with Crippen LogP contribution < -0.4 is 25.6 Å². The van der Waals surface area contributed by atoms with E-state index in [9.17, 15) is 4.79 Å². The van der Waals surface area contributed by atoms with E-state index in [4.69, 9.17) is 14.1 Å². The number of benzene rings is 1. The molecule has 2 aromatic rings. The summed E-state index contributed by atoms with van der Waals surface area (Å²) in [5.74, 6) is 1.89. The summed E-state index contributed by atoms with van der Waals surface area (Å²) in [6, 6.07) is 10.3. The number of piperidine rings is 1. The molecule has 0 saturated carbocycles. The summed E-state index contributed by atoms with van der Waals surface area (Å²) in [6.45, 7) is 7.84. The molecule has 9 heteroatoms. The van der Waals surface area contributed by atoms with E-state index in [0.29, 0.717) is 24.9 Å². The van der Waals surface area contributed by atoms with E-state index >= 15 is 0 Å². The van der Waals surface area contributed by atoms with E-state index in [0.717, 1.165) is 56.2 Å². The topological polar surface area (TPSA) is 91.1 Å². The highest BCUT2D eigenvalue weighted by molar-refractivity contribution is 14.0. The number of amides is 1. The average Bonchev–Trinajstić information content (AvgIpc) is 3.25. The van der Waals surface area contributed by atoms with Gasteiger partial charge in [0.2, 0.25) is 0 Å². The van der Waals surface area contributed by atoms with Gasteiger partial charge in [0.05, 0.1) is 13.4 Å². The van der Waals surface area contributed by atoms with Gasteiger partial charge in [-0.25, -0.2) is 0 Å². The molecule has 1 aromatic heterocycles. The number of anilines is 1. The molecule has 0 radical (unpaired) electrons. The molecular formula is C24H36IN5O3. The number of ether oxygens (including phenoxy) is 1. The summed E-state index contributed by atoms with van der Waals surface area (Å²) in [6.07, 6.45) is 4.50. The summed E-state index contributed by atoms with van der Waals surface area (Å²) < 4.78 is 10.6. The summed E-state index contributed by atoms with van der Waals surface area (Å²) >= 11 is 0. The second-order valence-corrected chi connectivity index (χ2v) is 7.93. The maximum absolute atomic E-state index is 12.1. The zero-order valence-corrected chi connectivity index (χ0v) is 22.1. The number of nitrogens with zero attached hydrogens (tertiary/aromatic N) is 2. The Bertz CT molecular complexity index is 902. The average molecular weight is 569 g/mol. The zero-order valence-electron chi connectivity index (χ0n) is 19.7. The summed E-state index contributed by atoms with van der Waals surface area (Å²) in [5.41, 5.74) is 2.02. The molecule has 1 aliphatic heterocycles. The maximum atomic E-state index is 12.1. The third-order valence-electron chi connectivity index (χ3n) is 5.48. The van der Waals surface area contributed by atoms with Gasteiger partial charge in [-0.1, -0.05) is 6.07 Å². The number of halogens is 1. The number of aryl methyl sites for hydroxylation is 1. The number of hydrogen-bond donors (Lipinski definition) is 3. The Balaban J connectivity index is 0.00000385. The molecule has 3 rings (SSSR count). The van der Waals surface area contributed by atoms with Crippen LogP contribution in [0.15, 0.2) is 46.0 Å². The molecule has 1 amide bonds. The van der Waals surface area contributed by atoms with Crippen LogP contribution in [0.2, 0.25) is 0 Å². The van der Waals surface area contributed by atoms with Gasteiger partial charge in [-0.3, -0.25) is 9.79 Å². The van der Waals surface area contributed by atoms with Crippen molar-refractivity contribution >= 4 is 41.5 Å². The molecule has 1 fully saturated rings. The summed E-state index contributed by atoms with van der Waals surface area (Å²) in [5, 5.41) is 9.80. The summed E-state index contributed by atoms with van der Waals surface area (Å²) in [7, 11) is 1.70. The fraction of sp³-hybridized carbons (Fsp3) is 0.500. The van der Waals surface area contributed by atoms with E-state index in [-0.39, 0.29) is 29.9 Å². The molecule has 2 heterocycles. The molecular weight excluding hydrogens is 533 g/mol. The quantitative estimate of drug-likeness (QED) is 0.185. The van der Waals surface area contributed by atoms with E-state index in [1.54, 1.807) is 13.2 Å². The molecule has 0 aliphatic carbocycles. The Morgan fingerprint density at radius 1 is 1.30 bits per heavy atom. The maximum Gasteiger partial charge on any atom is 0.287 e. The highest BCUT2D eigenvalue weighted by Crippen LogP contribution is 2.24. The number of guanidine groups is 1. The highest BCUT2D eigenvalue weighted by atomic mass is 127. The lowest BCUT2D eigenvalue weighted by Crippen LogP contribution is -2.51. The standard InChI is InChI=1S/C24H35N5O3.HI/c1-4-25-24(27-13-7-12-26-23(30)22-18(2)11-15-32-22)28-19-8-6-14-29(17-19)20-9-5-10-21(16-20)31-3;/h5,9-11,15-16,19H,4,6-8,12-14,17H2,1-3H3,(H,26,30)(H2,25,27,28);1H. The monoisotopic (exact) mass is 569 g/mol. The third kappa shape index (κ3) is 8.13. The van der Waals surface area contributed by atoms with E-state index in [1.165, 1.54) is 12.0 Å². The zero-order chi connectivity index (χ0) is 22.8. The normalized spacial score (nSPS) is 16.0. The van der Waals surface area contributed by atoms with Crippen molar-refractivity contribution in [2.24, 2.45) is 4.99 Å². The first kappa shape index (κ1) is 26.8. The van der Waals surface area contributed by atoms with Crippen LogP contribution in [0.1, 0.15) is 42.3 Å². The Morgan fingerprint density at radius 2 is 2.15 bits per heavy atom. The minimum absolute atomic E-state index is 0. The van der Waals surface area contributed by atoms with Crippen molar-refractivity contribution in [3.63, 3.8) is 0 Å². The van der Waals surface area contributed by atoms with Crippen LogP contribution in [0.5, 0.6) is 5.75 Å². The number of nitrogens with one attached hydrogen (secondary N) is 3. The van der Waals surface area contributed by atoms with Crippen LogP contribution in [0, 0.1) is 6.92 Å². The van der Waals surface area contributed by atoms with Crippen LogP contribution in [0.4, 0.5) is 5.69 Å². The molecule has 0 bridgehead atoms. The lowest BCUT2D eigenvalue weighted by atomic mass is 10.0. The number of hydrogen-bond acceptors (Lipinski definition) is 5. The van der Waals surface area contributed by atoms with Gasteiger partial charge in [0.25, 0.3) is 5.91 Å². The number of carbonyl (C=O) groups is 1. The second kappa shape index (κ2) is 14.0. The number of furan rings is 1. The van der Waals surface area contributed by atoms with Gasteiger partial charge in [0.1, 0.15) is 5.75 Å². The van der Waals surface area contributed by atoms with Crippen LogP contribution in [-0.2, 0) is 0 Å². The van der Waals surface area contributed by atoms with Crippen molar-refractivity contribution in [3.05, 3.63) is 47.9 Å². The first-order chi connectivity index (χ1) is 15.6. The lowest BCUT2D eigenvalue weighted by molar-refractivity contribution is 0.0925. The molecule has 1 atom stereocenters. The minimum atomic E-state index is -0.179. The molecule has 182 valence electrons. The summed E-state index contributed by atoms with van der Waals surface area (Å²) in [4.78, 5) is 19.2. The van der Waals surface area contributed by atoms with E-state index < -0.39 is 0 Å². The van der Waals surface area contributed by atoms with Crippen molar-refractivity contribution < 1.29 is 13.9 Å². The molecule has 8 nitrogen and oxygen atoms in total. The Kier molecular flexibility index (Phi) is 11.4. The van der Waals surface area contributed by atoms with Crippen LogP contribution in [-0.4, -0.2) is 57.7 Å². The van der Waals surface area contributed by atoms with Crippen LogP contribution in [0.3, 0.4) is 0 Å². The van der Waals surface area contributed by atoms with Gasteiger partial charge < -0.3 is 30.0 Å².